The van der Waals surface area contributed by atoms with Crippen LogP contribution < -0.4 is 31.8 Å². The summed E-state index contributed by atoms with van der Waals surface area (Å²) >= 11 is -4.19. The van der Waals surface area contributed by atoms with Crippen molar-refractivity contribution in [2.24, 2.45) is 0 Å². The van der Waals surface area contributed by atoms with Crippen molar-refractivity contribution in [1.29, 1.82) is 0 Å². The van der Waals surface area contributed by atoms with Crippen LogP contribution in [-0.4, -0.2) is 4.26 Å². The van der Waals surface area contributed by atoms with Gasteiger partial charge in [-0.25, -0.2) is 0 Å². The molecule has 7 aromatic rings. The van der Waals surface area contributed by atoms with Gasteiger partial charge in [-0.2, -0.15) is 0 Å². The molecule has 0 N–H and O–H groups in total. The molecule has 0 spiro atoms. The second-order valence-electron chi connectivity index (χ2n) is 11.4. The van der Waals surface area contributed by atoms with E-state index in [2.05, 4.69) is 182 Å². The second-order valence-corrected chi connectivity index (χ2v) is 39.1. The molecule has 0 atom stereocenters. The van der Waals surface area contributed by atoms with E-state index in [1.54, 1.807) is 0 Å². The first-order valence-electron chi connectivity index (χ1n) is 15.9. The SMILES string of the molecule is O=[C](c1ccccc1)[Pd]([Cl])([PH](c1ccccc1)(c1ccccc1)c1ccccc1)[PH](c1ccccc1)(c1ccccc1)c1ccccc1. The molecule has 0 radical (unpaired) electrons. The van der Waals surface area contributed by atoms with Crippen LogP contribution in [0.1, 0.15) is 10.4 Å². The number of rotatable bonds is 10. The third kappa shape index (κ3) is 5.25. The standard InChI is InChI=1S/2C18H15P.C7H5O.ClH.Pd/c2*1-4-10-16(11-5-1)19(17-12-6-2-7-13-17)18-14-8-3-9-15-18;8-6-7-4-2-1-3-5-7;;/h2*1-15H;1-5H;1H;/q;;;;-1/p+1. The summed E-state index contributed by atoms with van der Waals surface area (Å²) in [7, 11) is 9.20. The molecule has 0 aliphatic rings. The van der Waals surface area contributed by atoms with Crippen molar-refractivity contribution in [2.45, 2.75) is 0 Å². The molecule has 1 nitrogen and oxygen atoms in total. The molecule has 0 unspecified atom stereocenters. The molecule has 242 valence electrons. The van der Waals surface area contributed by atoms with Crippen LogP contribution in [-0.2, 0) is 13.5 Å². The topological polar surface area (TPSA) is 17.1 Å². The molecule has 0 fully saturated rings. The van der Waals surface area contributed by atoms with Gasteiger partial charge >= 0.3 is 293 Å². The van der Waals surface area contributed by atoms with Gasteiger partial charge in [0.1, 0.15) is 0 Å². The van der Waals surface area contributed by atoms with Crippen LogP contribution in [0.5, 0.6) is 0 Å². The Morgan fingerprint density at radius 1 is 0.333 bits per heavy atom. The predicted octanol–water partition coefficient (Wildman–Crippen LogP) is 8.42. The average Bonchev–Trinajstić information content (AvgIpc) is 3.18. The van der Waals surface area contributed by atoms with Gasteiger partial charge in [0.05, 0.1) is 0 Å². The molecule has 5 heteroatoms. The van der Waals surface area contributed by atoms with E-state index in [0.29, 0.717) is 5.56 Å². The zero-order valence-corrected chi connectivity index (χ0v) is 30.6. The van der Waals surface area contributed by atoms with Crippen LogP contribution in [0.4, 0.5) is 0 Å². The fourth-order valence-electron chi connectivity index (χ4n) is 6.78. The van der Waals surface area contributed by atoms with Gasteiger partial charge < -0.3 is 0 Å². The van der Waals surface area contributed by atoms with Crippen LogP contribution in [0.25, 0.3) is 0 Å². The molecule has 0 amide bonds. The number of hydrogen-bond donors (Lipinski definition) is 0. The molecule has 0 aliphatic heterocycles. The molecule has 0 heterocycles. The Bertz CT molecular complexity index is 1760. The van der Waals surface area contributed by atoms with Crippen molar-refractivity contribution in [1.82, 2.24) is 0 Å². The summed E-state index contributed by atoms with van der Waals surface area (Å²) in [5.74, 6) is 0. The van der Waals surface area contributed by atoms with Gasteiger partial charge in [0.15, 0.2) is 0 Å². The van der Waals surface area contributed by atoms with Gasteiger partial charge in [0.2, 0.25) is 0 Å². The Kier molecular flexibility index (Phi) is 9.67. The normalized spacial score (nSPS) is 14.3. The van der Waals surface area contributed by atoms with E-state index in [1.807, 2.05) is 30.3 Å². The fraction of sp³-hybridized carbons (Fsp3) is 0. The molecule has 0 saturated heterocycles. The number of halogens is 1. The Morgan fingerprint density at radius 3 is 0.729 bits per heavy atom. The maximum atomic E-state index is 16.4. The fourth-order valence-corrected chi connectivity index (χ4v) is 62.2. The van der Waals surface area contributed by atoms with E-state index in [1.165, 1.54) is 0 Å². The number of hydrogen-bond acceptors (Lipinski definition) is 1. The van der Waals surface area contributed by atoms with E-state index in [4.69, 9.17) is 0 Å². The quantitative estimate of drug-likeness (QED) is 0.101. The van der Waals surface area contributed by atoms with Crippen molar-refractivity contribution in [3.63, 3.8) is 0 Å². The third-order valence-electron chi connectivity index (χ3n) is 8.76. The monoisotopic (exact) mass is 772 g/mol. The number of carbonyl (C=O) groups is 1. The predicted molar refractivity (Wildman–Crippen MR) is 210 cm³/mol. The van der Waals surface area contributed by atoms with E-state index < -0.39 is 24.4 Å². The minimum absolute atomic E-state index is 0.0909. The number of benzene rings is 7. The zero-order chi connectivity index (χ0) is 32.9. The first-order chi connectivity index (χ1) is 23.6. The van der Waals surface area contributed by atoms with Crippen molar-refractivity contribution >= 4 is 56.5 Å². The first kappa shape index (κ1) is 32.6. The summed E-state index contributed by atoms with van der Waals surface area (Å²) in [6, 6.07) is 74.4. The molecule has 0 aromatic heterocycles. The van der Waals surface area contributed by atoms with Crippen LogP contribution in [0.15, 0.2) is 212 Å². The van der Waals surface area contributed by atoms with Gasteiger partial charge in [0.25, 0.3) is 0 Å². The van der Waals surface area contributed by atoms with Gasteiger partial charge in [-0.3, -0.25) is 0 Å². The summed E-state index contributed by atoms with van der Waals surface area (Å²) in [6.45, 7) is 0. The third-order valence-corrected chi connectivity index (χ3v) is 52.9. The molecule has 0 aliphatic carbocycles. The first-order valence-corrected chi connectivity index (χ1v) is 27.0. The van der Waals surface area contributed by atoms with E-state index in [9.17, 15) is 9.53 Å². The van der Waals surface area contributed by atoms with Gasteiger partial charge in [-0.05, 0) is 0 Å². The van der Waals surface area contributed by atoms with Crippen molar-refractivity contribution < 1.29 is 18.3 Å². The van der Waals surface area contributed by atoms with Crippen LogP contribution in [0.2, 0.25) is 0 Å². The minimum atomic E-state index is -4.19. The summed E-state index contributed by atoms with van der Waals surface area (Å²) < 4.78 is 0.0909. The summed E-state index contributed by atoms with van der Waals surface area (Å²) in [5, 5.41) is 6.91. The van der Waals surface area contributed by atoms with E-state index in [0.717, 1.165) is 31.8 Å². The average molecular weight is 774 g/mol. The van der Waals surface area contributed by atoms with Crippen molar-refractivity contribution in [3.8, 4) is 0 Å². The molecular formula is C43H37ClOP2Pd. The number of carbonyl (C=O) groups excluding carboxylic acids is 1. The molecule has 7 rings (SSSR count). The maximum absolute atomic E-state index is 16.4. The molecule has 48 heavy (non-hydrogen) atoms. The Balaban J connectivity index is 1.81. The van der Waals surface area contributed by atoms with Gasteiger partial charge in [-0.1, -0.05) is 0 Å². The summed E-state index contributed by atoms with van der Waals surface area (Å²) in [5.41, 5.74) is -6.29. The van der Waals surface area contributed by atoms with E-state index >= 15 is 4.79 Å². The van der Waals surface area contributed by atoms with Crippen molar-refractivity contribution in [2.75, 3.05) is 0 Å². The summed E-state index contributed by atoms with van der Waals surface area (Å²) in [4.78, 5) is 16.4. The Hall–Kier alpha value is -3.98. The van der Waals surface area contributed by atoms with Crippen LogP contribution in [0, 0.1) is 0 Å². The van der Waals surface area contributed by atoms with E-state index in [-0.39, 0.29) is 4.26 Å². The second kappa shape index (κ2) is 14.2. The Labute approximate surface area is 290 Å². The molecule has 0 saturated carbocycles. The molecular weight excluding hydrogens is 736 g/mol. The summed E-state index contributed by atoms with van der Waals surface area (Å²) in [6.07, 6.45) is 0. The molecule has 0 bridgehead atoms. The van der Waals surface area contributed by atoms with Crippen molar-refractivity contribution in [3.05, 3.63) is 218 Å². The zero-order valence-electron chi connectivity index (χ0n) is 26.3. The Morgan fingerprint density at radius 2 is 0.521 bits per heavy atom. The van der Waals surface area contributed by atoms with Crippen LogP contribution >= 0.6 is 20.4 Å². The van der Waals surface area contributed by atoms with Crippen LogP contribution in [0.3, 0.4) is 0 Å². The van der Waals surface area contributed by atoms with Gasteiger partial charge in [0, 0.05) is 0 Å². The molecule has 7 aromatic carbocycles. The van der Waals surface area contributed by atoms with Gasteiger partial charge in [-0.15, -0.1) is 0 Å².